The molecule has 2 heterocycles. The van der Waals surface area contributed by atoms with Crippen molar-refractivity contribution < 1.29 is 9.30 Å². The molecular formula is C21H24NO+. The van der Waals surface area contributed by atoms with Gasteiger partial charge in [0.1, 0.15) is 0 Å². The number of rotatable bonds is 3. The number of pyridine rings is 1. The Morgan fingerprint density at radius 1 is 1.13 bits per heavy atom. The Morgan fingerprint density at radius 2 is 2.00 bits per heavy atom. The van der Waals surface area contributed by atoms with Crippen LogP contribution >= 0.6 is 0 Å². The Labute approximate surface area is 138 Å². The molecule has 0 unspecified atom stereocenters. The summed E-state index contributed by atoms with van der Waals surface area (Å²) in [5, 5.41) is 0. The minimum Gasteiger partial charge on any atom is -0.372 e. The Bertz CT molecular complexity index is 707. The number of aromatic nitrogens is 1. The molecule has 1 aliphatic carbocycles. The zero-order valence-corrected chi connectivity index (χ0v) is 13.7. The predicted molar refractivity (Wildman–Crippen MR) is 90.8 cm³/mol. The summed E-state index contributed by atoms with van der Waals surface area (Å²) >= 11 is 0. The van der Waals surface area contributed by atoms with Crippen LogP contribution in [0.15, 0.2) is 66.5 Å². The number of allylic oxidation sites excluding steroid dienone is 1. The molecule has 0 N–H and O–H groups in total. The Morgan fingerprint density at radius 3 is 2.87 bits per heavy atom. The molecule has 2 nitrogen and oxygen atoms in total. The highest BCUT2D eigenvalue weighted by atomic mass is 16.5. The van der Waals surface area contributed by atoms with E-state index in [1.54, 1.807) is 0 Å². The van der Waals surface area contributed by atoms with Crippen molar-refractivity contribution >= 4 is 0 Å². The van der Waals surface area contributed by atoms with Crippen molar-refractivity contribution in [2.24, 2.45) is 11.8 Å². The van der Waals surface area contributed by atoms with Gasteiger partial charge in [0.05, 0.1) is 12.7 Å². The predicted octanol–water partition coefficient (Wildman–Crippen LogP) is 4.07. The summed E-state index contributed by atoms with van der Waals surface area (Å²) in [5.41, 5.74) is 4.14. The molecular weight excluding hydrogens is 282 g/mol. The molecule has 1 fully saturated rings. The van der Waals surface area contributed by atoms with Gasteiger partial charge >= 0.3 is 0 Å². The number of nitrogens with zero attached hydrogens (tertiary/aromatic N) is 1. The highest BCUT2D eigenvalue weighted by Crippen LogP contribution is 2.43. The average molecular weight is 306 g/mol. The molecule has 23 heavy (non-hydrogen) atoms. The highest BCUT2D eigenvalue weighted by Gasteiger charge is 2.36. The van der Waals surface area contributed by atoms with Crippen molar-refractivity contribution in [3.63, 3.8) is 0 Å². The lowest BCUT2D eigenvalue weighted by Gasteiger charge is -2.39. The van der Waals surface area contributed by atoms with Crippen LogP contribution in [0.4, 0.5) is 0 Å². The molecule has 1 saturated heterocycles. The zero-order chi connectivity index (χ0) is 15.6. The standard InChI is InChI=1S/C21H24NO/c1-16-9-10-18-12-20(16)21(23-15-18)19-8-5-11-22(14-19)13-17-6-3-2-4-7-17/h2-9,11,14,18,20-21H,10,12-13,15H2,1H3/q+1/t18-,20-,21+/m0/s1. The summed E-state index contributed by atoms with van der Waals surface area (Å²) in [5.74, 6) is 1.27. The molecule has 1 aromatic carbocycles. The van der Waals surface area contributed by atoms with E-state index in [0.29, 0.717) is 5.92 Å². The quantitative estimate of drug-likeness (QED) is 0.615. The first-order chi connectivity index (χ1) is 11.3. The van der Waals surface area contributed by atoms with E-state index in [1.165, 1.54) is 29.5 Å². The fourth-order valence-corrected chi connectivity index (χ4v) is 3.93. The summed E-state index contributed by atoms with van der Waals surface area (Å²) in [6.45, 7) is 4.07. The van der Waals surface area contributed by atoms with Gasteiger partial charge in [0, 0.05) is 23.1 Å². The third kappa shape index (κ3) is 3.09. The van der Waals surface area contributed by atoms with Gasteiger partial charge < -0.3 is 4.74 Å². The lowest BCUT2D eigenvalue weighted by molar-refractivity contribution is -0.689. The van der Waals surface area contributed by atoms with E-state index in [0.717, 1.165) is 19.1 Å². The van der Waals surface area contributed by atoms with Crippen LogP contribution in [-0.4, -0.2) is 6.61 Å². The average Bonchev–Trinajstić information content (AvgIpc) is 2.60. The van der Waals surface area contributed by atoms with E-state index in [4.69, 9.17) is 4.74 Å². The third-order valence-electron chi connectivity index (χ3n) is 5.24. The van der Waals surface area contributed by atoms with E-state index in [9.17, 15) is 0 Å². The molecule has 2 bridgehead atoms. The van der Waals surface area contributed by atoms with Crippen molar-refractivity contribution in [1.82, 2.24) is 0 Å². The van der Waals surface area contributed by atoms with Gasteiger partial charge in [-0.1, -0.05) is 42.0 Å². The van der Waals surface area contributed by atoms with Crippen LogP contribution < -0.4 is 4.57 Å². The summed E-state index contributed by atoms with van der Waals surface area (Å²) in [6, 6.07) is 15.0. The van der Waals surface area contributed by atoms with Crippen LogP contribution in [0.25, 0.3) is 0 Å². The Kier molecular flexibility index (Phi) is 4.00. The van der Waals surface area contributed by atoms with Crippen molar-refractivity contribution in [3.05, 3.63) is 77.6 Å². The fourth-order valence-electron chi connectivity index (χ4n) is 3.93. The third-order valence-corrected chi connectivity index (χ3v) is 5.24. The van der Waals surface area contributed by atoms with Crippen molar-refractivity contribution in [2.45, 2.75) is 32.4 Å². The van der Waals surface area contributed by atoms with E-state index < -0.39 is 0 Å². The van der Waals surface area contributed by atoms with Gasteiger partial charge in [-0.15, -0.1) is 0 Å². The molecule has 1 aliphatic heterocycles. The number of ether oxygens (including phenoxy) is 1. The van der Waals surface area contributed by atoms with Crippen molar-refractivity contribution in [3.8, 4) is 0 Å². The second kappa shape index (κ2) is 6.29. The molecule has 3 atom stereocenters. The maximum absolute atomic E-state index is 6.25. The summed E-state index contributed by atoms with van der Waals surface area (Å²) in [4.78, 5) is 0. The maximum atomic E-state index is 6.25. The first-order valence-corrected chi connectivity index (χ1v) is 8.61. The van der Waals surface area contributed by atoms with Crippen LogP contribution in [0.1, 0.15) is 37.0 Å². The van der Waals surface area contributed by atoms with Gasteiger partial charge in [-0.2, -0.15) is 0 Å². The lowest BCUT2D eigenvalue weighted by atomic mass is 9.75. The topological polar surface area (TPSA) is 13.1 Å². The molecule has 0 spiro atoms. The normalized spacial score (nSPS) is 26.7. The SMILES string of the molecule is CC1=CC[C@@H]2CO[C@H](c3ccc[n+](Cc4ccccc4)c3)[C@H]1C2. The van der Waals surface area contributed by atoms with Gasteiger partial charge in [-0.25, -0.2) is 4.57 Å². The minimum absolute atomic E-state index is 0.214. The molecule has 2 aliphatic rings. The number of hydrogen-bond donors (Lipinski definition) is 0. The van der Waals surface area contributed by atoms with Crippen molar-refractivity contribution in [1.29, 1.82) is 0 Å². The van der Waals surface area contributed by atoms with Gasteiger partial charge in [0.25, 0.3) is 0 Å². The zero-order valence-electron chi connectivity index (χ0n) is 13.7. The molecule has 2 aromatic rings. The molecule has 1 aromatic heterocycles. The van der Waals surface area contributed by atoms with E-state index in [1.807, 2.05) is 0 Å². The molecule has 0 amide bonds. The molecule has 118 valence electrons. The largest absolute Gasteiger partial charge is 0.372 e. The molecule has 2 heteroatoms. The van der Waals surface area contributed by atoms with E-state index in [-0.39, 0.29) is 6.10 Å². The molecule has 4 rings (SSSR count). The monoisotopic (exact) mass is 306 g/mol. The minimum atomic E-state index is 0.214. The molecule has 0 radical (unpaired) electrons. The van der Waals surface area contributed by atoms with Gasteiger partial charge in [0.15, 0.2) is 18.9 Å². The van der Waals surface area contributed by atoms with Crippen LogP contribution in [0, 0.1) is 11.8 Å². The molecule has 0 saturated carbocycles. The Hall–Kier alpha value is -1.93. The highest BCUT2D eigenvalue weighted by molar-refractivity contribution is 5.20. The second-order valence-electron chi connectivity index (χ2n) is 6.94. The van der Waals surface area contributed by atoms with E-state index >= 15 is 0 Å². The van der Waals surface area contributed by atoms with Gasteiger partial charge in [-0.3, -0.25) is 0 Å². The number of benzene rings is 1. The number of fused-ring (bicyclic) bond motifs is 2. The fraction of sp³-hybridized carbons (Fsp3) is 0.381. The van der Waals surface area contributed by atoms with Gasteiger partial charge in [0.2, 0.25) is 0 Å². The maximum Gasteiger partial charge on any atom is 0.174 e. The summed E-state index contributed by atoms with van der Waals surface area (Å²) in [7, 11) is 0. The smallest absolute Gasteiger partial charge is 0.174 e. The van der Waals surface area contributed by atoms with Crippen LogP contribution in [0.3, 0.4) is 0 Å². The summed E-state index contributed by atoms with van der Waals surface area (Å²) in [6.07, 6.45) is 9.52. The Balaban J connectivity index is 1.58. The van der Waals surface area contributed by atoms with E-state index in [2.05, 4.69) is 72.4 Å². The van der Waals surface area contributed by atoms with Crippen LogP contribution in [0.2, 0.25) is 0 Å². The van der Waals surface area contributed by atoms with Crippen LogP contribution in [-0.2, 0) is 11.3 Å². The second-order valence-corrected chi connectivity index (χ2v) is 6.94. The van der Waals surface area contributed by atoms with Crippen LogP contribution in [0.5, 0.6) is 0 Å². The first-order valence-electron chi connectivity index (χ1n) is 8.61. The first kappa shape index (κ1) is 14.6. The number of hydrogen-bond acceptors (Lipinski definition) is 1. The summed E-state index contributed by atoms with van der Waals surface area (Å²) < 4.78 is 8.52. The van der Waals surface area contributed by atoms with Crippen molar-refractivity contribution in [2.75, 3.05) is 6.61 Å². The van der Waals surface area contributed by atoms with Gasteiger partial charge in [-0.05, 0) is 31.7 Å². The lowest BCUT2D eigenvalue weighted by Crippen LogP contribution is -2.37.